The third kappa shape index (κ3) is 4.26. The van der Waals surface area contributed by atoms with E-state index < -0.39 is 17.9 Å². The van der Waals surface area contributed by atoms with Gasteiger partial charge < -0.3 is 14.5 Å². The molecule has 2 heterocycles. The van der Waals surface area contributed by atoms with Crippen LogP contribution in [0.3, 0.4) is 0 Å². The van der Waals surface area contributed by atoms with Gasteiger partial charge in [0, 0.05) is 5.56 Å². The van der Waals surface area contributed by atoms with Crippen LogP contribution in [0.15, 0.2) is 46.2 Å². The average molecular weight is 399 g/mol. The Kier molecular flexibility index (Phi) is 5.85. The molecule has 0 saturated carbocycles. The largest absolute Gasteiger partial charge is 0.450 e. The van der Waals surface area contributed by atoms with Crippen LogP contribution in [0, 0.1) is 6.92 Å². The summed E-state index contributed by atoms with van der Waals surface area (Å²) in [5.74, 6) is -0.506. The Hall–Kier alpha value is -3.46. The highest BCUT2D eigenvalue weighted by molar-refractivity contribution is 7.14. The number of oxazole rings is 1. The zero-order chi connectivity index (χ0) is 20.1. The molecule has 3 aromatic rings. The summed E-state index contributed by atoms with van der Waals surface area (Å²) in [4.78, 5) is 40.5. The fourth-order valence-corrected chi connectivity index (χ4v) is 3.17. The molecule has 0 atom stereocenters. The van der Waals surface area contributed by atoms with E-state index in [0.29, 0.717) is 11.7 Å². The molecule has 0 saturated heterocycles. The second kappa shape index (κ2) is 8.49. The van der Waals surface area contributed by atoms with Gasteiger partial charge in [-0.05, 0) is 37.4 Å². The van der Waals surface area contributed by atoms with Crippen molar-refractivity contribution in [2.45, 2.75) is 13.8 Å². The van der Waals surface area contributed by atoms with Crippen LogP contribution in [0.4, 0.5) is 9.80 Å². The second-order valence-corrected chi connectivity index (χ2v) is 6.50. The van der Waals surface area contributed by atoms with Crippen LogP contribution in [-0.4, -0.2) is 29.5 Å². The van der Waals surface area contributed by atoms with E-state index in [-0.39, 0.29) is 22.9 Å². The number of hydrogen-bond acceptors (Lipinski definition) is 7. The minimum Gasteiger partial charge on any atom is -0.450 e. The van der Waals surface area contributed by atoms with Crippen molar-refractivity contribution in [3.05, 3.63) is 58.8 Å². The number of nitrogens with one attached hydrogen (secondary N) is 2. The lowest BCUT2D eigenvalue weighted by molar-refractivity contribution is 0.0926. The third-order valence-corrected chi connectivity index (χ3v) is 4.49. The van der Waals surface area contributed by atoms with E-state index in [2.05, 4.69) is 20.4 Å². The topological polar surface area (TPSA) is 111 Å². The van der Waals surface area contributed by atoms with Crippen LogP contribution in [0.25, 0.3) is 11.5 Å². The molecule has 2 N–H and O–H groups in total. The van der Waals surface area contributed by atoms with Gasteiger partial charge >= 0.3 is 6.09 Å². The molecule has 3 amide bonds. The smallest absolute Gasteiger partial charge is 0.414 e. The maximum absolute atomic E-state index is 12.6. The number of rotatable bonds is 5. The molecular formula is C19H17N3O5S. The molecule has 2 aromatic heterocycles. The minimum absolute atomic E-state index is 0.115. The fraction of sp³-hybridized carbons (Fsp3) is 0.158. The lowest BCUT2D eigenvalue weighted by atomic mass is 10.2. The number of carbonyl (C=O) groups is 3. The van der Waals surface area contributed by atoms with Crippen molar-refractivity contribution in [1.29, 1.82) is 0 Å². The van der Waals surface area contributed by atoms with E-state index in [4.69, 9.17) is 4.42 Å². The first kappa shape index (κ1) is 19.3. The average Bonchev–Trinajstić information content (AvgIpc) is 3.29. The molecule has 28 heavy (non-hydrogen) atoms. The number of aryl methyl sites for hydroxylation is 1. The quantitative estimate of drug-likeness (QED) is 0.674. The molecule has 0 aliphatic heterocycles. The number of alkyl carbamates (subject to hydrolysis) is 1. The van der Waals surface area contributed by atoms with Gasteiger partial charge in [-0.1, -0.05) is 18.2 Å². The summed E-state index contributed by atoms with van der Waals surface area (Å²) in [6.07, 6.45) is -0.851. The number of imide groups is 1. The van der Waals surface area contributed by atoms with Crippen LogP contribution < -0.4 is 10.6 Å². The Morgan fingerprint density at radius 2 is 1.89 bits per heavy atom. The molecule has 0 radical (unpaired) electrons. The van der Waals surface area contributed by atoms with E-state index >= 15 is 0 Å². The first-order valence-corrected chi connectivity index (χ1v) is 9.27. The summed E-state index contributed by atoms with van der Waals surface area (Å²) >= 11 is 1.15. The molecule has 0 fully saturated rings. The van der Waals surface area contributed by atoms with E-state index in [9.17, 15) is 14.4 Å². The number of nitrogens with zero attached hydrogens (tertiary/aromatic N) is 1. The molecular weight excluding hydrogens is 382 g/mol. The van der Waals surface area contributed by atoms with E-state index in [1.165, 1.54) is 6.07 Å². The number of amides is 3. The molecule has 0 aliphatic carbocycles. The SMILES string of the molecule is CCOC(=O)NC(=O)c1ccsc1NC(=O)c1nc(-c2ccccc2)oc1C. The van der Waals surface area contributed by atoms with Crippen molar-refractivity contribution in [3.8, 4) is 11.5 Å². The molecule has 1 aromatic carbocycles. The number of anilines is 1. The lowest BCUT2D eigenvalue weighted by Crippen LogP contribution is -2.31. The van der Waals surface area contributed by atoms with E-state index in [1.54, 1.807) is 19.2 Å². The van der Waals surface area contributed by atoms with Gasteiger partial charge in [-0.15, -0.1) is 11.3 Å². The Morgan fingerprint density at radius 3 is 2.61 bits per heavy atom. The minimum atomic E-state index is -0.851. The summed E-state index contributed by atoms with van der Waals surface area (Å²) in [6, 6.07) is 10.7. The Balaban J connectivity index is 1.76. The van der Waals surface area contributed by atoms with Gasteiger partial charge in [0.1, 0.15) is 10.8 Å². The van der Waals surface area contributed by atoms with E-state index in [0.717, 1.165) is 16.9 Å². The number of carbonyl (C=O) groups excluding carboxylic acids is 3. The molecule has 0 unspecified atom stereocenters. The Morgan fingerprint density at radius 1 is 1.14 bits per heavy atom. The molecule has 3 rings (SSSR count). The zero-order valence-electron chi connectivity index (χ0n) is 15.1. The number of hydrogen-bond donors (Lipinski definition) is 2. The summed E-state index contributed by atoms with van der Waals surface area (Å²) in [5, 5.41) is 6.65. The molecule has 0 aliphatic rings. The van der Waals surface area contributed by atoms with Crippen molar-refractivity contribution >= 4 is 34.2 Å². The highest BCUT2D eigenvalue weighted by Crippen LogP contribution is 2.26. The molecule has 9 heteroatoms. The van der Waals surface area contributed by atoms with Gasteiger partial charge in [-0.2, -0.15) is 0 Å². The number of thiophene rings is 1. The van der Waals surface area contributed by atoms with Crippen LogP contribution in [0.5, 0.6) is 0 Å². The van der Waals surface area contributed by atoms with Crippen molar-refractivity contribution < 1.29 is 23.5 Å². The maximum Gasteiger partial charge on any atom is 0.414 e. The van der Waals surface area contributed by atoms with Crippen LogP contribution in [-0.2, 0) is 4.74 Å². The summed E-state index contributed by atoms with van der Waals surface area (Å²) in [7, 11) is 0. The fourth-order valence-electron chi connectivity index (χ4n) is 2.39. The normalized spacial score (nSPS) is 10.4. The first-order chi connectivity index (χ1) is 13.5. The Bertz CT molecular complexity index is 1010. The van der Waals surface area contributed by atoms with Crippen molar-refractivity contribution in [3.63, 3.8) is 0 Å². The third-order valence-electron chi connectivity index (χ3n) is 3.66. The molecule has 0 bridgehead atoms. The lowest BCUT2D eigenvalue weighted by Gasteiger charge is -2.06. The zero-order valence-corrected chi connectivity index (χ0v) is 16.0. The van der Waals surface area contributed by atoms with Crippen LogP contribution in [0.1, 0.15) is 33.5 Å². The van der Waals surface area contributed by atoms with Gasteiger partial charge in [0.05, 0.1) is 12.2 Å². The monoisotopic (exact) mass is 399 g/mol. The standard InChI is InChI=1S/C19H17N3O5S/c1-3-26-19(25)22-15(23)13-9-10-28-18(13)21-16(24)14-11(2)27-17(20-14)12-7-5-4-6-8-12/h4-10H,3H2,1-2H3,(H,21,24)(H,22,23,25). The van der Waals surface area contributed by atoms with Crippen molar-refractivity contribution in [2.75, 3.05) is 11.9 Å². The number of ether oxygens (including phenoxy) is 1. The van der Waals surface area contributed by atoms with Crippen LogP contribution in [0.2, 0.25) is 0 Å². The predicted molar refractivity (Wildman–Crippen MR) is 103 cm³/mol. The second-order valence-electron chi connectivity index (χ2n) is 5.58. The molecule has 8 nitrogen and oxygen atoms in total. The Labute approximate surface area is 164 Å². The van der Waals surface area contributed by atoms with Gasteiger partial charge in [0.25, 0.3) is 11.8 Å². The summed E-state index contributed by atoms with van der Waals surface area (Å²) < 4.78 is 10.3. The highest BCUT2D eigenvalue weighted by Gasteiger charge is 2.22. The maximum atomic E-state index is 12.6. The van der Waals surface area contributed by atoms with Gasteiger partial charge in [0.15, 0.2) is 5.69 Å². The van der Waals surface area contributed by atoms with Gasteiger partial charge in [-0.25, -0.2) is 9.78 Å². The highest BCUT2D eigenvalue weighted by atomic mass is 32.1. The van der Waals surface area contributed by atoms with Crippen molar-refractivity contribution in [2.24, 2.45) is 0 Å². The van der Waals surface area contributed by atoms with E-state index in [1.807, 2.05) is 30.3 Å². The molecule has 144 valence electrons. The number of benzene rings is 1. The predicted octanol–water partition coefficient (Wildman–Crippen LogP) is 3.85. The molecule has 0 spiro atoms. The first-order valence-electron chi connectivity index (χ1n) is 8.39. The summed E-state index contributed by atoms with van der Waals surface area (Å²) in [5.41, 5.74) is 1.01. The summed E-state index contributed by atoms with van der Waals surface area (Å²) in [6.45, 7) is 3.41. The van der Waals surface area contributed by atoms with Gasteiger partial charge in [0.2, 0.25) is 5.89 Å². The number of aromatic nitrogens is 1. The van der Waals surface area contributed by atoms with Gasteiger partial charge in [-0.3, -0.25) is 14.9 Å². The van der Waals surface area contributed by atoms with Crippen LogP contribution >= 0.6 is 11.3 Å². The van der Waals surface area contributed by atoms with Crippen molar-refractivity contribution in [1.82, 2.24) is 10.3 Å².